The predicted octanol–water partition coefficient (Wildman–Crippen LogP) is 2.21. The maximum atomic E-state index is 13.3. The highest BCUT2D eigenvalue weighted by Gasteiger charge is 2.46. The summed E-state index contributed by atoms with van der Waals surface area (Å²) in [7, 11) is 0. The second-order valence-electron chi connectivity index (χ2n) is 5.10. The number of likely N-dealkylation sites (tertiary alicyclic amines) is 1. The van der Waals surface area contributed by atoms with Crippen LogP contribution in [0.1, 0.15) is 35.7 Å². The van der Waals surface area contributed by atoms with E-state index in [2.05, 4.69) is 0 Å². The standard InChI is InChI=1S/C14H16FNO3/c1-9-4-5-10(15)8-11(9)12(17)16-7-3-6-14(16,2)13(18)19/h4-5,8H,3,6-7H2,1-2H3,(H,18,19). The molecule has 0 aromatic heterocycles. The summed E-state index contributed by atoms with van der Waals surface area (Å²) >= 11 is 0. The number of aryl methyl sites for hydroxylation is 1. The Morgan fingerprint density at radius 2 is 2.11 bits per heavy atom. The first kappa shape index (κ1) is 13.5. The number of hydrogen-bond acceptors (Lipinski definition) is 2. The average Bonchev–Trinajstić information content (AvgIpc) is 2.75. The van der Waals surface area contributed by atoms with Gasteiger partial charge in [-0.15, -0.1) is 0 Å². The van der Waals surface area contributed by atoms with Crippen molar-refractivity contribution in [3.05, 3.63) is 35.1 Å². The number of amides is 1. The van der Waals surface area contributed by atoms with Gasteiger partial charge >= 0.3 is 5.97 Å². The molecule has 1 fully saturated rings. The van der Waals surface area contributed by atoms with Gasteiger partial charge < -0.3 is 10.0 Å². The summed E-state index contributed by atoms with van der Waals surface area (Å²) < 4.78 is 13.3. The molecule has 102 valence electrons. The van der Waals surface area contributed by atoms with E-state index in [4.69, 9.17) is 0 Å². The van der Waals surface area contributed by atoms with Crippen LogP contribution in [0.25, 0.3) is 0 Å². The number of nitrogens with zero attached hydrogens (tertiary/aromatic N) is 1. The van der Waals surface area contributed by atoms with Gasteiger partial charge in [0, 0.05) is 12.1 Å². The minimum absolute atomic E-state index is 0.231. The van der Waals surface area contributed by atoms with Crippen LogP contribution in [0.15, 0.2) is 18.2 Å². The van der Waals surface area contributed by atoms with Gasteiger partial charge in [-0.3, -0.25) is 4.79 Å². The second-order valence-corrected chi connectivity index (χ2v) is 5.10. The Morgan fingerprint density at radius 1 is 1.42 bits per heavy atom. The molecule has 1 aromatic rings. The first-order chi connectivity index (χ1) is 8.86. The number of halogens is 1. The van der Waals surface area contributed by atoms with Crippen molar-refractivity contribution in [1.29, 1.82) is 0 Å². The van der Waals surface area contributed by atoms with E-state index in [0.717, 1.165) is 6.07 Å². The highest BCUT2D eigenvalue weighted by Crippen LogP contribution is 2.31. The van der Waals surface area contributed by atoms with Crippen molar-refractivity contribution in [3.8, 4) is 0 Å². The third kappa shape index (κ3) is 2.20. The quantitative estimate of drug-likeness (QED) is 0.892. The number of aliphatic carboxylic acids is 1. The van der Waals surface area contributed by atoms with Crippen molar-refractivity contribution in [2.75, 3.05) is 6.54 Å². The molecule has 5 heteroatoms. The molecule has 19 heavy (non-hydrogen) atoms. The molecule has 4 nitrogen and oxygen atoms in total. The van der Waals surface area contributed by atoms with Crippen molar-refractivity contribution in [3.63, 3.8) is 0 Å². The Labute approximate surface area is 110 Å². The molecule has 0 radical (unpaired) electrons. The number of carboxylic acid groups (broad SMARTS) is 1. The van der Waals surface area contributed by atoms with Crippen LogP contribution in [-0.4, -0.2) is 34.0 Å². The lowest BCUT2D eigenvalue weighted by molar-refractivity contribution is -0.147. The first-order valence-electron chi connectivity index (χ1n) is 6.18. The molecule has 0 saturated carbocycles. The topological polar surface area (TPSA) is 57.6 Å². The molecular weight excluding hydrogens is 249 g/mol. The van der Waals surface area contributed by atoms with Gasteiger partial charge in [0.15, 0.2) is 0 Å². The second kappa shape index (κ2) is 4.64. The molecule has 1 aromatic carbocycles. The van der Waals surface area contributed by atoms with Gasteiger partial charge in [0.1, 0.15) is 11.4 Å². The summed E-state index contributed by atoms with van der Waals surface area (Å²) in [5, 5.41) is 9.29. The molecule has 1 aliphatic heterocycles. The van der Waals surface area contributed by atoms with E-state index in [1.54, 1.807) is 6.92 Å². The number of carboxylic acids is 1. The van der Waals surface area contributed by atoms with Crippen LogP contribution in [0.2, 0.25) is 0 Å². The Morgan fingerprint density at radius 3 is 2.74 bits per heavy atom. The van der Waals surface area contributed by atoms with Crippen LogP contribution in [0.3, 0.4) is 0 Å². The van der Waals surface area contributed by atoms with E-state index in [-0.39, 0.29) is 5.56 Å². The molecule has 0 bridgehead atoms. The highest BCUT2D eigenvalue weighted by atomic mass is 19.1. The maximum Gasteiger partial charge on any atom is 0.329 e. The third-order valence-electron chi connectivity index (χ3n) is 3.78. The van der Waals surface area contributed by atoms with E-state index < -0.39 is 23.2 Å². The molecule has 1 atom stereocenters. The van der Waals surface area contributed by atoms with Gasteiger partial charge in [-0.25, -0.2) is 9.18 Å². The zero-order valence-corrected chi connectivity index (χ0v) is 10.9. The van der Waals surface area contributed by atoms with Crippen LogP contribution in [-0.2, 0) is 4.79 Å². The Balaban J connectivity index is 2.39. The average molecular weight is 265 g/mol. The zero-order valence-electron chi connectivity index (χ0n) is 10.9. The summed E-state index contributed by atoms with van der Waals surface area (Å²) in [4.78, 5) is 25.1. The van der Waals surface area contributed by atoms with Crippen LogP contribution in [0, 0.1) is 12.7 Å². The first-order valence-corrected chi connectivity index (χ1v) is 6.18. The van der Waals surface area contributed by atoms with Gasteiger partial charge in [-0.1, -0.05) is 6.07 Å². The minimum atomic E-state index is -1.20. The number of benzene rings is 1. The van der Waals surface area contributed by atoms with E-state index in [0.29, 0.717) is 24.9 Å². The molecule has 0 aliphatic carbocycles. The van der Waals surface area contributed by atoms with Gasteiger partial charge in [-0.2, -0.15) is 0 Å². The summed E-state index contributed by atoms with van der Waals surface area (Å²) in [5.74, 6) is -1.93. The van der Waals surface area contributed by atoms with E-state index in [1.807, 2.05) is 0 Å². The Hall–Kier alpha value is -1.91. The van der Waals surface area contributed by atoms with E-state index in [9.17, 15) is 19.1 Å². The van der Waals surface area contributed by atoms with Crippen molar-refractivity contribution in [2.24, 2.45) is 0 Å². The molecule has 0 spiro atoms. The summed E-state index contributed by atoms with van der Waals surface area (Å²) in [6, 6.07) is 3.97. The van der Waals surface area contributed by atoms with E-state index >= 15 is 0 Å². The lowest BCUT2D eigenvalue weighted by atomic mass is 9.98. The Kier molecular flexibility index (Phi) is 3.30. The third-order valence-corrected chi connectivity index (χ3v) is 3.78. The fourth-order valence-electron chi connectivity index (χ4n) is 2.48. The van der Waals surface area contributed by atoms with Crippen molar-refractivity contribution < 1.29 is 19.1 Å². The fraction of sp³-hybridized carbons (Fsp3) is 0.429. The highest BCUT2D eigenvalue weighted by molar-refractivity contribution is 5.99. The van der Waals surface area contributed by atoms with Crippen LogP contribution in [0.4, 0.5) is 4.39 Å². The van der Waals surface area contributed by atoms with Crippen LogP contribution >= 0.6 is 0 Å². The van der Waals surface area contributed by atoms with Crippen molar-refractivity contribution in [1.82, 2.24) is 4.90 Å². The molecule has 1 aliphatic rings. The van der Waals surface area contributed by atoms with Crippen LogP contribution < -0.4 is 0 Å². The monoisotopic (exact) mass is 265 g/mol. The van der Waals surface area contributed by atoms with Crippen molar-refractivity contribution >= 4 is 11.9 Å². The van der Waals surface area contributed by atoms with Gasteiger partial charge in [-0.05, 0) is 44.4 Å². The van der Waals surface area contributed by atoms with Gasteiger partial charge in [0.25, 0.3) is 5.91 Å². The molecule has 1 N–H and O–H groups in total. The minimum Gasteiger partial charge on any atom is -0.480 e. The molecule has 2 rings (SSSR count). The largest absolute Gasteiger partial charge is 0.480 e. The molecule has 1 heterocycles. The van der Waals surface area contributed by atoms with Crippen molar-refractivity contribution in [2.45, 2.75) is 32.2 Å². The zero-order chi connectivity index (χ0) is 14.2. The van der Waals surface area contributed by atoms with E-state index in [1.165, 1.54) is 24.0 Å². The fourth-order valence-corrected chi connectivity index (χ4v) is 2.48. The predicted molar refractivity (Wildman–Crippen MR) is 67.4 cm³/mol. The van der Waals surface area contributed by atoms with Gasteiger partial charge in [0.2, 0.25) is 0 Å². The Bertz CT molecular complexity index is 543. The molecule has 1 unspecified atom stereocenters. The molecule has 1 amide bonds. The summed E-state index contributed by atoms with van der Waals surface area (Å²) in [5.41, 5.74) is -0.323. The number of rotatable bonds is 2. The smallest absolute Gasteiger partial charge is 0.329 e. The summed E-state index contributed by atoms with van der Waals surface area (Å²) in [6.45, 7) is 3.63. The lowest BCUT2D eigenvalue weighted by Gasteiger charge is -2.31. The van der Waals surface area contributed by atoms with Crippen LogP contribution in [0.5, 0.6) is 0 Å². The summed E-state index contributed by atoms with van der Waals surface area (Å²) in [6.07, 6.45) is 1.06. The molecular formula is C14H16FNO3. The SMILES string of the molecule is Cc1ccc(F)cc1C(=O)N1CCCC1(C)C(=O)O. The molecule has 1 saturated heterocycles. The maximum absolute atomic E-state index is 13.3. The van der Waals surface area contributed by atoms with Gasteiger partial charge in [0.05, 0.1) is 0 Å². The number of carbonyl (C=O) groups excluding carboxylic acids is 1. The lowest BCUT2D eigenvalue weighted by Crippen LogP contribution is -2.50. The number of hydrogen-bond donors (Lipinski definition) is 1. The normalized spacial score (nSPS) is 22.6. The number of carbonyl (C=O) groups is 2.